The van der Waals surface area contributed by atoms with Crippen molar-refractivity contribution in [3.63, 3.8) is 0 Å². The van der Waals surface area contributed by atoms with E-state index < -0.39 is 0 Å². The van der Waals surface area contributed by atoms with Crippen LogP contribution in [0.5, 0.6) is 0 Å². The molecule has 1 fully saturated rings. The third-order valence-electron chi connectivity index (χ3n) is 3.30. The Morgan fingerprint density at radius 2 is 2.23 bits per heavy atom. The largest absolute Gasteiger partial charge is 0.317 e. The quantitative estimate of drug-likeness (QED) is 0.613. The fraction of sp³-hybridized carbons (Fsp3) is 0.727. The summed E-state index contributed by atoms with van der Waals surface area (Å²) >= 11 is 0. The Kier molecular flexibility index (Phi) is 2.24. The molecule has 13 heavy (non-hydrogen) atoms. The molecule has 0 radical (unpaired) electrons. The van der Waals surface area contributed by atoms with Crippen molar-refractivity contribution in [3.05, 3.63) is 11.6 Å². The van der Waals surface area contributed by atoms with Gasteiger partial charge < -0.3 is 5.32 Å². The highest BCUT2D eigenvalue weighted by Crippen LogP contribution is 2.41. The van der Waals surface area contributed by atoms with Crippen LogP contribution in [-0.4, -0.2) is 18.9 Å². The fourth-order valence-electron chi connectivity index (χ4n) is 2.52. The number of allylic oxidation sites excluding steroid dienone is 2. The van der Waals surface area contributed by atoms with Gasteiger partial charge in [0.1, 0.15) is 0 Å². The monoisotopic (exact) mass is 179 g/mol. The van der Waals surface area contributed by atoms with Gasteiger partial charge in [-0.1, -0.05) is 6.08 Å². The van der Waals surface area contributed by atoms with Gasteiger partial charge in [0.2, 0.25) is 0 Å². The SMILES string of the molecule is CC1=CC2(CCCNCC2)CC1=O. The summed E-state index contributed by atoms with van der Waals surface area (Å²) in [7, 11) is 0. The molecule has 0 saturated carbocycles. The van der Waals surface area contributed by atoms with Crippen molar-refractivity contribution in [3.8, 4) is 0 Å². The molecule has 1 spiro atoms. The number of Topliss-reactive ketones (excluding diaryl/α,β-unsaturated/α-hetero) is 1. The summed E-state index contributed by atoms with van der Waals surface area (Å²) < 4.78 is 0. The molecule has 1 unspecified atom stereocenters. The van der Waals surface area contributed by atoms with E-state index >= 15 is 0 Å². The minimum Gasteiger partial charge on any atom is -0.317 e. The van der Waals surface area contributed by atoms with Crippen molar-refractivity contribution in [2.75, 3.05) is 13.1 Å². The van der Waals surface area contributed by atoms with Crippen LogP contribution in [0.2, 0.25) is 0 Å². The van der Waals surface area contributed by atoms with Gasteiger partial charge in [-0.2, -0.15) is 0 Å². The van der Waals surface area contributed by atoms with Crippen molar-refractivity contribution < 1.29 is 4.79 Å². The number of nitrogens with one attached hydrogen (secondary N) is 1. The van der Waals surface area contributed by atoms with Gasteiger partial charge in [-0.05, 0) is 50.3 Å². The molecule has 1 heterocycles. The Hall–Kier alpha value is -0.630. The summed E-state index contributed by atoms with van der Waals surface area (Å²) in [5.74, 6) is 0.363. The van der Waals surface area contributed by atoms with E-state index in [1.165, 1.54) is 12.8 Å². The average Bonchev–Trinajstić information content (AvgIpc) is 2.29. The van der Waals surface area contributed by atoms with E-state index in [-0.39, 0.29) is 5.41 Å². The summed E-state index contributed by atoms with van der Waals surface area (Å²) in [6, 6.07) is 0. The molecule has 2 aliphatic rings. The van der Waals surface area contributed by atoms with Gasteiger partial charge in [-0.3, -0.25) is 4.79 Å². The summed E-state index contributed by atoms with van der Waals surface area (Å²) in [4.78, 5) is 11.5. The number of ketones is 1. The van der Waals surface area contributed by atoms with Crippen LogP contribution in [0, 0.1) is 5.41 Å². The predicted octanol–water partition coefficient (Wildman–Crippen LogP) is 1.67. The molecule has 2 rings (SSSR count). The highest BCUT2D eigenvalue weighted by molar-refractivity contribution is 5.98. The van der Waals surface area contributed by atoms with Gasteiger partial charge in [0.15, 0.2) is 5.78 Å². The Morgan fingerprint density at radius 3 is 2.92 bits per heavy atom. The fourth-order valence-corrected chi connectivity index (χ4v) is 2.52. The van der Waals surface area contributed by atoms with Gasteiger partial charge in [0.05, 0.1) is 0 Å². The van der Waals surface area contributed by atoms with Crippen molar-refractivity contribution in [2.45, 2.75) is 32.6 Å². The number of hydrogen-bond acceptors (Lipinski definition) is 2. The van der Waals surface area contributed by atoms with Crippen LogP contribution in [-0.2, 0) is 4.79 Å². The molecule has 0 bridgehead atoms. The molecule has 0 aromatic heterocycles. The van der Waals surface area contributed by atoms with Gasteiger partial charge in [-0.25, -0.2) is 0 Å². The van der Waals surface area contributed by atoms with Crippen LogP contribution in [0.1, 0.15) is 32.6 Å². The first kappa shape index (κ1) is 8.95. The van der Waals surface area contributed by atoms with Gasteiger partial charge in [0, 0.05) is 6.42 Å². The Bertz CT molecular complexity index is 247. The molecule has 0 amide bonds. The highest BCUT2D eigenvalue weighted by Gasteiger charge is 2.36. The summed E-state index contributed by atoms with van der Waals surface area (Å²) in [5.41, 5.74) is 1.21. The molecule has 1 aliphatic heterocycles. The van der Waals surface area contributed by atoms with Crippen molar-refractivity contribution >= 4 is 5.78 Å². The van der Waals surface area contributed by atoms with E-state index in [0.717, 1.165) is 31.5 Å². The van der Waals surface area contributed by atoms with Gasteiger partial charge in [0.25, 0.3) is 0 Å². The van der Waals surface area contributed by atoms with E-state index in [1.54, 1.807) is 0 Å². The highest BCUT2D eigenvalue weighted by atomic mass is 16.1. The number of hydrogen-bond donors (Lipinski definition) is 1. The molecular formula is C11H17NO. The van der Waals surface area contributed by atoms with Crippen LogP contribution in [0.4, 0.5) is 0 Å². The van der Waals surface area contributed by atoms with Crippen LogP contribution >= 0.6 is 0 Å². The average molecular weight is 179 g/mol. The normalized spacial score (nSPS) is 34.8. The smallest absolute Gasteiger partial charge is 0.159 e. The van der Waals surface area contributed by atoms with Gasteiger partial charge in [-0.15, -0.1) is 0 Å². The lowest BCUT2D eigenvalue weighted by Crippen LogP contribution is -2.19. The summed E-state index contributed by atoms with van der Waals surface area (Å²) in [6.07, 6.45) is 6.51. The Balaban J connectivity index is 2.16. The summed E-state index contributed by atoms with van der Waals surface area (Å²) in [5, 5.41) is 3.39. The van der Waals surface area contributed by atoms with E-state index in [4.69, 9.17) is 0 Å². The molecule has 2 nitrogen and oxygen atoms in total. The first-order valence-corrected chi connectivity index (χ1v) is 5.15. The minimum absolute atomic E-state index is 0.227. The predicted molar refractivity (Wildman–Crippen MR) is 52.5 cm³/mol. The van der Waals surface area contributed by atoms with Crippen LogP contribution in [0.15, 0.2) is 11.6 Å². The summed E-state index contributed by atoms with van der Waals surface area (Å²) in [6.45, 7) is 4.13. The molecule has 1 aliphatic carbocycles. The van der Waals surface area contributed by atoms with E-state index in [1.807, 2.05) is 6.92 Å². The molecular weight excluding hydrogens is 162 g/mol. The Labute approximate surface area is 79.4 Å². The minimum atomic E-state index is 0.227. The maximum Gasteiger partial charge on any atom is 0.159 e. The Morgan fingerprint density at radius 1 is 1.38 bits per heavy atom. The number of carbonyl (C=O) groups excluding carboxylic acids is 1. The third-order valence-corrected chi connectivity index (χ3v) is 3.30. The lowest BCUT2D eigenvalue weighted by molar-refractivity contribution is -0.116. The molecule has 2 heteroatoms. The van der Waals surface area contributed by atoms with Crippen molar-refractivity contribution in [2.24, 2.45) is 5.41 Å². The second-order valence-electron chi connectivity index (χ2n) is 4.39. The molecule has 1 atom stereocenters. The standard InChI is InChI=1S/C11H17NO/c1-9-7-11(8-10(9)13)3-2-5-12-6-4-11/h7,12H,2-6,8H2,1H3. The second kappa shape index (κ2) is 3.26. The van der Waals surface area contributed by atoms with Crippen molar-refractivity contribution in [1.82, 2.24) is 5.32 Å². The molecule has 1 N–H and O–H groups in total. The molecule has 0 aromatic carbocycles. The lowest BCUT2D eigenvalue weighted by atomic mass is 9.80. The van der Waals surface area contributed by atoms with Crippen molar-refractivity contribution in [1.29, 1.82) is 0 Å². The first-order chi connectivity index (χ1) is 6.22. The first-order valence-electron chi connectivity index (χ1n) is 5.15. The van der Waals surface area contributed by atoms with Crippen LogP contribution in [0.3, 0.4) is 0 Å². The van der Waals surface area contributed by atoms with Crippen LogP contribution in [0.25, 0.3) is 0 Å². The lowest BCUT2D eigenvalue weighted by Gasteiger charge is -2.23. The van der Waals surface area contributed by atoms with Crippen LogP contribution < -0.4 is 5.32 Å². The zero-order valence-electron chi connectivity index (χ0n) is 8.23. The molecule has 0 aromatic rings. The second-order valence-corrected chi connectivity index (χ2v) is 4.39. The number of carbonyl (C=O) groups is 1. The van der Waals surface area contributed by atoms with E-state index in [9.17, 15) is 4.79 Å². The number of rotatable bonds is 0. The topological polar surface area (TPSA) is 29.1 Å². The van der Waals surface area contributed by atoms with E-state index in [0.29, 0.717) is 5.78 Å². The maximum absolute atomic E-state index is 11.5. The zero-order chi connectivity index (χ0) is 9.31. The molecule has 72 valence electrons. The van der Waals surface area contributed by atoms with E-state index in [2.05, 4.69) is 11.4 Å². The zero-order valence-corrected chi connectivity index (χ0v) is 8.23. The molecule has 1 saturated heterocycles. The maximum atomic E-state index is 11.5. The van der Waals surface area contributed by atoms with Gasteiger partial charge >= 0.3 is 0 Å². The third kappa shape index (κ3) is 1.68.